The molecule has 2 aromatic rings. The first-order valence-corrected chi connectivity index (χ1v) is 7.10. The van der Waals surface area contributed by atoms with Crippen LogP contribution in [0.4, 0.5) is 5.82 Å². The number of hydrogen-bond donors (Lipinski definition) is 2. The summed E-state index contributed by atoms with van der Waals surface area (Å²) in [5.41, 5.74) is 1.22. The molecule has 0 spiro atoms. The van der Waals surface area contributed by atoms with Crippen LogP contribution in [-0.2, 0) is 0 Å². The van der Waals surface area contributed by atoms with Crippen LogP contribution in [0.15, 0.2) is 36.7 Å². The molecule has 0 fully saturated rings. The van der Waals surface area contributed by atoms with Crippen molar-refractivity contribution in [3.05, 3.63) is 52.9 Å². The van der Waals surface area contributed by atoms with Gasteiger partial charge >= 0.3 is 0 Å². The molecule has 1 atom stereocenters. The Kier molecular flexibility index (Phi) is 5.11. The van der Waals surface area contributed by atoms with E-state index in [1.165, 1.54) is 6.20 Å². The molecule has 0 saturated heterocycles. The Morgan fingerprint density at radius 3 is 2.81 bits per heavy atom. The number of nitrogens with one attached hydrogen (secondary N) is 2. The van der Waals surface area contributed by atoms with Gasteiger partial charge < -0.3 is 10.6 Å². The van der Waals surface area contributed by atoms with E-state index in [4.69, 9.17) is 11.6 Å². The van der Waals surface area contributed by atoms with E-state index in [1.807, 2.05) is 32.0 Å². The summed E-state index contributed by atoms with van der Waals surface area (Å²) >= 11 is 6.09. The van der Waals surface area contributed by atoms with Crippen LogP contribution in [0.3, 0.4) is 0 Å². The number of nitrogens with zero attached hydrogens (tertiary/aromatic N) is 2. The Morgan fingerprint density at radius 1 is 1.38 bits per heavy atom. The average molecular weight is 305 g/mol. The van der Waals surface area contributed by atoms with Crippen LogP contribution in [0.1, 0.15) is 35.9 Å². The van der Waals surface area contributed by atoms with E-state index in [-0.39, 0.29) is 11.9 Å². The van der Waals surface area contributed by atoms with E-state index in [1.54, 1.807) is 12.3 Å². The Labute approximate surface area is 128 Å². The summed E-state index contributed by atoms with van der Waals surface area (Å²) in [6.45, 7) is 4.55. The summed E-state index contributed by atoms with van der Waals surface area (Å²) in [5, 5.41) is 6.32. The van der Waals surface area contributed by atoms with Gasteiger partial charge in [0, 0.05) is 18.9 Å². The van der Waals surface area contributed by atoms with Gasteiger partial charge in [0.15, 0.2) is 0 Å². The van der Waals surface area contributed by atoms with Crippen molar-refractivity contribution in [2.24, 2.45) is 0 Å². The molecule has 6 heteroatoms. The first kappa shape index (κ1) is 15.3. The Balaban J connectivity index is 2.08. The predicted molar refractivity (Wildman–Crippen MR) is 83.5 cm³/mol. The lowest BCUT2D eigenvalue weighted by Crippen LogP contribution is -2.27. The molecule has 21 heavy (non-hydrogen) atoms. The summed E-state index contributed by atoms with van der Waals surface area (Å²) in [6, 6.07) is 7.00. The van der Waals surface area contributed by atoms with Gasteiger partial charge in [0.25, 0.3) is 5.91 Å². The van der Waals surface area contributed by atoms with Crippen LogP contribution in [0, 0.1) is 0 Å². The number of amides is 1. The summed E-state index contributed by atoms with van der Waals surface area (Å²) < 4.78 is 0. The number of hydrogen-bond acceptors (Lipinski definition) is 4. The Bertz CT molecular complexity index is 618. The van der Waals surface area contributed by atoms with Gasteiger partial charge in [-0.2, -0.15) is 0 Å². The molecular weight excluding hydrogens is 288 g/mol. The Hall–Kier alpha value is -2.14. The van der Waals surface area contributed by atoms with Crippen molar-refractivity contribution in [1.82, 2.24) is 15.3 Å². The SMILES string of the molecule is CCNc1ncc(C(=O)NC(C)c2ccccn2)cc1Cl. The van der Waals surface area contributed by atoms with E-state index in [2.05, 4.69) is 20.6 Å². The molecule has 2 aromatic heterocycles. The van der Waals surface area contributed by atoms with Gasteiger partial charge in [-0.05, 0) is 32.0 Å². The maximum atomic E-state index is 12.2. The lowest BCUT2D eigenvalue weighted by molar-refractivity contribution is 0.0939. The van der Waals surface area contributed by atoms with Crippen LogP contribution >= 0.6 is 11.6 Å². The Morgan fingerprint density at radius 2 is 2.19 bits per heavy atom. The number of halogens is 1. The van der Waals surface area contributed by atoms with Crippen LogP contribution in [0.2, 0.25) is 5.02 Å². The molecular formula is C15H17ClN4O. The van der Waals surface area contributed by atoms with Crippen molar-refractivity contribution in [3.8, 4) is 0 Å². The minimum absolute atomic E-state index is 0.189. The van der Waals surface area contributed by atoms with Gasteiger partial charge in [0.1, 0.15) is 5.82 Å². The highest BCUT2D eigenvalue weighted by atomic mass is 35.5. The van der Waals surface area contributed by atoms with Crippen LogP contribution in [-0.4, -0.2) is 22.4 Å². The maximum absolute atomic E-state index is 12.2. The van der Waals surface area contributed by atoms with Crippen molar-refractivity contribution in [3.63, 3.8) is 0 Å². The zero-order valence-corrected chi connectivity index (χ0v) is 12.7. The first-order valence-electron chi connectivity index (χ1n) is 6.73. The van der Waals surface area contributed by atoms with Crippen molar-refractivity contribution in [2.45, 2.75) is 19.9 Å². The fourth-order valence-electron chi connectivity index (χ4n) is 1.85. The molecule has 0 radical (unpaired) electrons. The number of carbonyl (C=O) groups excluding carboxylic acids is 1. The van der Waals surface area contributed by atoms with E-state index in [0.717, 1.165) is 12.2 Å². The molecule has 2 rings (SSSR count). The van der Waals surface area contributed by atoms with Gasteiger partial charge in [-0.15, -0.1) is 0 Å². The van der Waals surface area contributed by atoms with Crippen LogP contribution < -0.4 is 10.6 Å². The minimum atomic E-state index is -0.231. The highest BCUT2D eigenvalue weighted by molar-refractivity contribution is 6.33. The molecule has 2 N–H and O–H groups in total. The van der Waals surface area contributed by atoms with Crippen molar-refractivity contribution in [2.75, 3.05) is 11.9 Å². The molecule has 0 saturated carbocycles. The van der Waals surface area contributed by atoms with Crippen molar-refractivity contribution in [1.29, 1.82) is 0 Å². The van der Waals surface area contributed by atoms with Gasteiger partial charge in [-0.1, -0.05) is 17.7 Å². The fraction of sp³-hybridized carbons (Fsp3) is 0.267. The summed E-state index contributed by atoms with van der Waals surface area (Å²) in [7, 11) is 0. The third kappa shape index (κ3) is 3.92. The quantitative estimate of drug-likeness (QED) is 0.891. The number of rotatable bonds is 5. The second-order valence-corrected chi connectivity index (χ2v) is 4.94. The third-order valence-corrected chi connectivity index (χ3v) is 3.21. The van der Waals surface area contributed by atoms with E-state index >= 15 is 0 Å². The second kappa shape index (κ2) is 7.04. The summed E-state index contributed by atoms with van der Waals surface area (Å²) in [6.07, 6.45) is 3.20. The topological polar surface area (TPSA) is 66.9 Å². The highest BCUT2D eigenvalue weighted by Crippen LogP contribution is 2.20. The molecule has 5 nitrogen and oxygen atoms in total. The monoisotopic (exact) mass is 304 g/mol. The maximum Gasteiger partial charge on any atom is 0.253 e. The van der Waals surface area contributed by atoms with Crippen molar-refractivity contribution >= 4 is 23.3 Å². The minimum Gasteiger partial charge on any atom is -0.369 e. The number of carbonyl (C=O) groups is 1. The highest BCUT2D eigenvalue weighted by Gasteiger charge is 2.14. The number of pyridine rings is 2. The zero-order valence-electron chi connectivity index (χ0n) is 11.9. The number of aromatic nitrogens is 2. The zero-order chi connectivity index (χ0) is 15.2. The number of anilines is 1. The molecule has 110 valence electrons. The fourth-order valence-corrected chi connectivity index (χ4v) is 2.08. The molecule has 0 aromatic carbocycles. The summed E-state index contributed by atoms with van der Waals surface area (Å²) in [4.78, 5) is 20.6. The summed E-state index contributed by atoms with van der Waals surface area (Å²) in [5.74, 6) is 0.346. The lowest BCUT2D eigenvalue weighted by Gasteiger charge is -2.13. The molecule has 1 unspecified atom stereocenters. The van der Waals surface area contributed by atoms with Gasteiger partial charge in [-0.3, -0.25) is 9.78 Å². The molecule has 0 bridgehead atoms. The van der Waals surface area contributed by atoms with Gasteiger partial charge in [-0.25, -0.2) is 4.98 Å². The van der Waals surface area contributed by atoms with E-state index in [0.29, 0.717) is 16.4 Å². The van der Waals surface area contributed by atoms with E-state index < -0.39 is 0 Å². The van der Waals surface area contributed by atoms with Crippen molar-refractivity contribution < 1.29 is 4.79 Å². The standard InChI is InChI=1S/C15H17ClN4O/c1-3-17-14-12(16)8-11(9-19-14)15(21)20-10(2)13-6-4-5-7-18-13/h4-10H,3H2,1-2H3,(H,17,19)(H,20,21). The smallest absolute Gasteiger partial charge is 0.253 e. The molecule has 0 aliphatic heterocycles. The van der Waals surface area contributed by atoms with Crippen LogP contribution in [0.5, 0.6) is 0 Å². The van der Waals surface area contributed by atoms with Crippen LogP contribution in [0.25, 0.3) is 0 Å². The normalized spacial score (nSPS) is 11.8. The largest absolute Gasteiger partial charge is 0.369 e. The third-order valence-electron chi connectivity index (χ3n) is 2.93. The van der Waals surface area contributed by atoms with Gasteiger partial charge in [0.2, 0.25) is 0 Å². The second-order valence-electron chi connectivity index (χ2n) is 4.53. The van der Waals surface area contributed by atoms with Gasteiger partial charge in [0.05, 0.1) is 22.3 Å². The predicted octanol–water partition coefficient (Wildman–Crippen LogP) is 3.05. The molecule has 1 amide bonds. The molecule has 0 aliphatic rings. The molecule has 0 aliphatic carbocycles. The lowest BCUT2D eigenvalue weighted by atomic mass is 10.2. The first-order chi connectivity index (χ1) is 10.1. The van der Waals surface area contributed by atoms with E-state index in [9.17, 15) is 4.79 Å². The molecule has 2 heterocycles. The average Bonchev–Trinajstić information content (AvgIpc) is 2.50.